The van der Waals surface area contributed by atoms with Gasteiger partial charge in [-0.2, -0.15) is 0 Å². The Morgan fingerprint density at radius 2 is 1.81 bits per heavy atom. The van der Waals surface area contributed by atoms with E-state index in [1.54, 1.807) is 7.11 Å². The number of rotatable bonds is 8. The lowest BCUT2D eigenvalue weighted by Gasteiger charge is -2.07. The molecule has 0 aromatic heterocycles. The Balaban J connectivity index is 2.12. The smallest absolute Gasteiger partial charge is 0.119 e. The average molecular weight is 288 g/mol. The highest BCUT2D eigenvalue weighted by atomic mass is 79.9. The zero-order valence-corrected chi connectivity index (χ0v) is 11.1. The van der Waals surface area contributed by atoms with Gasteiger partial charge < -0.3 is 14.8 Å². The number of hydrogen-bond acceptors (Lipinski definition) is 3. The van der Waals surface area contributed by atoms with Crippen LogP contribution in [0.5, 0.6) is 11.5 Å². The number of nitrogens with one attached hydrogen (secondary N) is 1. The van der Waals surface area contributed by atoms with E-state index in [9.17, 15) is 0 Å². The molecule has 0 aliphatic rings. The monoisotopic (exact) mass is 287 g/mol. The maximum absolute atomic E-state index is 5.56. The van der Waals surface area contributed by atoms with Crippen LogP contribution in [-0.2, 0) is 0 Å². The molecule has 1 rings (SSSR count). The van der Waals surface area contributed by atoms with E-state index in [0.29, 0.717) is 6.61 Å². The van der Waals surface area contributed by atoms with Crippen LogP contribution < -0.4 is 14.8 Å². The second-order valence-corrected chi connectivity index (χ2v) is 4.11. The summed E-state index contributed by atoms with van der Waals surface area (Å²) in [5.41, 5.74) is 0. The van der Waals surface area contributed by atoms with Crippen molar-refractivity contribution in [2.75, 3.05) is 32.1 Å². The molecule has 1 aromatic rings. The fourth-order valence-electron chi connectivity index (χ4n) is 1.23. The first-order valence-corrected chi connectivity index (χ1v) is 6.52. The van der Waals surface area contributed by atoms with Gasteiger partial charge in [-0.05, 0) is 37.2 Å². The van der Waals surface area contributed by atoms with E-state index in [-0.39, 0.29) is 0 Å². The van der Waals surface area contributed by atoms with Crippen molar-refractivity contribution in [2.24, 2.45) is 0 Å². The van der Waals surface area contributed by atoms with Crippen molar-refractivity contribution in [2.45, 2.75) is 6.42 Å². The molecule has 0 unspecified atom stereocenters. The number of benzene rings is 1. The molecular weight excluding hydrogens is 270 g/mol. The third-order valence-corrected chi connectivity index (χ3v) is 2.65. The summed E-state index contributed by atoms with van der Waals surface area (Å²) in [6.07, 6.45) is 1.14. The Hall–Kier alpha value is -0.740. The highest BCUT2D eigenvalue weighted by Crippen LogP contribution is 2.16. The molecule has 1 aromatic carbocycles. The first-order chi connectivity index (χ1) is 7.86. The first kappa shape index (κ1) is 13.3. The lowest BCUT2D eigenvalue weighted by Crippen LogP contribution is -2.22. The van der Waals surface area contributed by atoms with E-state index < -0.39 is 0 Å². The lowest BCUT2D eigenvalue weighted by atomic mass is 10.3. The van der Waals surface area contributed by atoms with Crippen molar-refractivity contribution in [1.29, 1.82) is 0 Å². The van der Waals surface area contributed by atoms with Gasteiger partial charge in [-0.1, -0.05) is 15.9 Å². The Bertz CT molecular complexity index is 277. The fraction of sp³-hybridized carbons (Fsp3) is 0.500. The maximum atomic E-state index is 5.56. The second kappa shape index (κ2) is 8.42. The van der Waals surface area contributed by atoms with Gasteiger partial charge in [-0.25, -0.2) is 0 Å². The molecule has 0 aliphatic carbocycles. The molecule has 0 heterocycles. The van der Waals surface area contributed by atoms with Gasteiger partial charge in [0.1, 0.15) is 18.1 Å². The Morgan fingerprint density at radius 1 is 1.12 bits per heavy atom. The molecule has 0 atom stereocenters. The van der Waals surface area contributed by atoms with Crippen LogP contribution in [0.1, 0.15) is 6.42 Å². The van der Waals surface area contributed by atoms with Gasteiger partial charge in [0.05, 0.1) is 7.11 Å². The normalized spacial score (nSPS) is 10.1. The zero-order chi connectivity index (χ0) is 11.6. The van der Waals surface area contributed by atoms with Gasteiger partial charge in [-0.15, -0.1) is 0 Å². The zero-order valence-electron chi connectivity index (χ0n) is 9.54. The van der Waals surface area contributed by atoms with Crippen LogP contribution >= 0.6 is 15.9 Å². The van der Waals surface area contributed by atoms with E-state index >= 15 is 0 Å². The standard InChI is InChI=1S/C12H18BrNO2/c1-15-11-3-5-12(6-4-11)16-10-9-14-8-2-7-13/h3-6,14H,2,7-10H2,1H3. The Morgan fingerprint density at radius 3 is 2.44 bits per heavy atom. The molecule has 0 spiro atoms. The van der Waals surface area contributed by atoms with Gasteiger partial charge in [0.25, 0.3) is 0 Å². The molecule has 0 aliphatic heterocycles. The van der Waals surface area contributed by atoms with E-state index in [4.69, 9.17) is 9.47 Å². The number of ether oxygens (including phenoxy) is 2. The lowest BCUT2D eigenvalue weighted by molar-refractivity contribution is 0.313. The molecule has 0 radical (unpaired) electrons. The molecule has 0 saturated heterocycles. The van der Waals surface area contributed by atoms with Gasteiger partial charge in [0, 0.05) is 11.9 Å². The van der Waals surface area contributed by atoms with Gasteiger partial charge >= 0.3 is 0 Å². The van der Waals surface area contributed by atoms with E-state index in [1.165, 1.54) is 0 Å². The highest BCUT2D eigenvalue weighted by molar-refractivity contribution is 9.09. The SMILES string of the molecule is COc1ccc(OCCNCCCBr)cc1. The fourth-order valence-corrected chi connectivity index (χ4v) is 1.51. The van der Waals surface area contributed by atoms with Gasteiger partial charge in [0.2, 0.25) is 0 Å². The first-order valence-electron chi connectivity index (χ1n) is 5.40. The molecule has 3 nitrogen and oxygen atoms in total. The third-order valence-electron chi connectivity index (χ3n) is 2.09. The van der Waals surface area contributed by atoms with E-state index in [1.807, 2.05) is 24.3 Å². The van der Waals surface area contributed by atoms with Crippen LogP contribution in [0.2, 0.25) is 0 Å². The molecule has 0 bridgehead atoms. The predicted octanol–water partition coefficient (Wildman–Crippen LogP) is 2.45. The minimum absolute atomic E-state index is 0.689. The van der Waals surface area contributed by atoms with Crippen LogP contribution in [0.4, 0.5) is 0 Å². The quantitative estimate of drug-likeness (QED) is 0.589. The Labute approximate surface area is 105 Å². The summed E-state index contributed by atoms with van der Waals surface area (Å²) in [5, 5.41) is 4.34. The van der Waals surface area contributed by atoms with Gasteiger partial charge in [0.15, 0.2) is 0 Å². The maximum Gasteiger partial charge on any atom is 0.119 e. The third kappa shape index (κ3) is 5.37. The van der Waals surface area contributed by atoms with Crippen molar-refractivity contribution in [3.8, 4) is 11.5 Å². The van der Waals surface area contributed by atoms with Crippen LogP contribution in [0.25, 0.3) is 0 Å². The average Bonchev–Trinajstić information content (AvgIpc) is 2.34. The van der Waals surface area contributed by atoms with E-state index in [0.717, 1.165) is 36.3 Å². The van der Waals surface area contributed by atoms with E-state index in [2.05, 4.69) is 21.2 Å². The summed E-state index contributed by atoms with van der Waals surface area (Å²) in [6, 6.07) is 7.62. The summed E-state index contributed by atoms with van der Waals surface area (Å²) in [6.45, 7) is 2.59. The van der Waals surface area contributed by atoms with Crippen LogP contribution in [0, 0.1) is 0 Å². The number of alkyl halides is 1. The number of halogens is 1. The number of hydrogen-bond donors (Lipinski definition) is 1. The van der Waals surface area contributed by atoms with Crippen molar-refractivity contribution in [1.82, 2.24) is 5.32 Å². The second-order valence-electron chi connectivity index (χ2n) is 3.32. The molecule has 0 amide bonds. The molecule has 16 heavy (non-hydrogen) atoms. The molecule has 0 saturated carbocycles. The van der Waals surface area contributed by atoms with Crippen molar-refractivity contribution >= 4 is 15.9 Å². The molecule has 1 N–H and O–H groups in total. The van der Waals surface area contributed by atoms with Crippen molar-refractivity contribution in [3.63, 3.8) is 0 Å². The van der Waals surface area contributed by atoms with Crippen molar-refractivity contribution < 1.29 is 9.47 Å². The minimum atomic E-state index is 0.689. The van der Waals surface area contributed by atoms with Gasteiger partial charge in [-0.3, -0.25) is 0 Å². The molecule has 0 fully saturated rings. The Kier molecular flexibility index (Phi) is 7.01. The largest absolute Gasteiger partial charge is 0.497 e. The summed E-state index contributed by atoms with van der Waals surface area (Å²) in [4.78, 5) is 0. The number of methoxy groups -OCH3 is 1. The molecule has 90 valence electrons. The van der Waals surface area contributed by atoms with Crippen LogP contribution in [0.15, 0.2) is 24.3 Å². The minimum Gasteiger partial charge on any atom is -0.497 e. The predicted molar refractivity (Wildman–Crippen MR) is 69.8 cm³/mol. The van der Waals surface area contributed by atoms with Crippen molar-refractivity contribution in [3.05, 3.63) is 24.3 Å². The van der Waals surface area contributed by atoms with Crippen LogP contribution in [-0.4, -0.2) is 32.1 Å². The summed E-state index contributed by atoms with van der Waals surface area (Å²) < 4.78 is 10.6. The van der Waals surface area contributed by atoms with Crippen LogP contribution in [0.3, 0.4) is 0 Å². The summed E-state index contributed by atoms with van der Waals surface area (Å²) in [7, 11) is 1.66. The molecular formula is C12H18BrNO2. The summed E-state index contributed by atoms with van der Waals surface area (Å²) >= 11 is 3.39. The topological polar surface area (TPSA) is 30.5 Å². The summed E-state index contributed by atoms with van der Waals surface area (Å²) in [5.74, 6) is 1.73. The molecule has 4 heteroatoms. The highest BCUT2D eigenvalue weighted by Gasteiger charge is 1.94.